The van der Waals surface area contributed by atoms with Crippen molar-refractivity contribution in [2.24, 2.45) is 0 Å². The summed E-state index contributed by atoms with van der Waals surface area (Å²) >= 11 is 3.18. The molecular formula is C12H8BrF3N2O. The predicted molar refractivity (Wildman–Crippen MR) is 68.3 cm³/mol. The van der Waals surface area contributed by atoms with Crippen molar-refractivity contribution in [3.63, 3.8) is 0 Å². The molecule has 100 valence electrons. The third-order valence-corrected chi connectivity index (χ3v) is 2.53. The Kier molecular flexibility index (Phi) is 3.94. The maximum Gasteiger partial charge on any atom is 0.573 e. The summed E-state index contributed by atoms with van der Waals surface area (Å²) in [5.74, 6) is 0.101. The number of aromatic nitrogens is 1. The number of alkyl halides is 3. The molecular weight excluding hydrogens is 325 g/mol. The van der Waals surface area contributed by atoms with Gasteiger partial charge in [0.2, 0.25) is 0 Å². The molecule has 7 heteroatoms. The number of hydrogen-bond acceptors (Lipinski definition) is 3. The summed E-state index contributed by atoms with van der Waals surface area (Å²) in [7, 11) is 0. The Morgan fingerprint density at radius 1 is 1.05 bits per heavy atom. The molecule has 2 rings (SSSR count). The SMILES string of the molecule is FC(F)(F)Oc1ccccc1Nc1cccc(Br)n1. The van der Waals surface area contributed by atoms with E-state index in [1.807, 2.05) is 0 Å². The molecule has 19 heavy (non-hydrogen) atoms. The average molecular weight is 333 g/mol. The Balaban J connectivity index is 2.25. The van der Waals surface area contributed by atoms with Gasteiger partial charge in [0, 0.05) is 0 Å². The minimum atomic E-state index is -4.73. The van der Waals surface area contributed by atoms with E-state index in [-0.39, 0.29) is 11.4 Å². The predicted octanol–water partition coefficient (Wildman–Crippen LogP) is 4.49. The Morgan fingerprint density at radius 2 is 1.79 bits per heavy atom. The zero-order valence-corrected chi connectivity index (χ0v) is 11.0. The van der Waals surface area contributed by atoms with Crippen molar-refractivity contribution in [1.82, 2.24) is 4.98 Å². The van der Waals surface area contributed by atoms with Crippen LogP contribution in [0.1, 0.15) is 0 Å². The number of nitrogens with zero attached hydrogens (tertiary/aromatic N) is 1. The topological polar surface area (TPSA) is 34.1 Å². The number of hydrogen-bond donors (Lipinski definition) is 1. The minimum absolute atomic E-state index is 0.186. The number of halogens is 4. The van der Waals surface area contributed by atoms with Crippen LogP contribution in [0.25, 0.3) is 0 Å². The van der Waals surface area contributed by atoms with Gasteiger partial charge in [-0.25, -0.2) is 4.98 Å². The fourth-order valence-corrected chi connectivity index (χ4v) is 1.74. The van der Waals surface area contributed by atoms with Gasteiger partial charge in [-0.1, -0.05) is 18.2 Å². The number of para-hydroxylation sites is 2. The Hall–Kier alpha value is -1.76. The van der Waals surface area contributed by atoms with Gasteiger partial charge in [0.1, 0.15) is 10.4 Å². The van der Waals surface area contributed by atoms with Gasteiger partial charge < -0.3 is 10.1 Å². The van der Waals surface area contributed by atoms with E-state index < -0.39 is 6.36 Å². The normalized spacial score (nSPS) is 11.2. The molecule has 0 saturated carbocycles. The van der Waals surface area contributed by atoms with Crippen LogP contribution in [0.15, 0.2) is 47.1 Å². The van der Waals surface area contributed by atoms with Crippen molar-refractivity contribution in [2.75, 3.05) is 5.32 Å². The average Bonchev–Trinajstić information content (AvgIpc) is 2.30. The standard InChI is InChI=1S/C12H8BrF3N2O/c13-10-6-3-7-11(18-10)17-8-4-1-2-5-9(8)19-12(14,15)16/h1-7H,(H,17,18). The van der Waals surface area contributed by atoms with Crippen LogP contribution < -0.4 is 10.1 Å². The summed E-state index contributed by atoms with van der Waals surface area (Å²) in [6.07, 6.45) is -4.73. The second-order valence-corrected chi connectivity index (χ2v) is 4.33. The van der Waals surface area contributed by atoms with Crippen LogP contribution in [-0.4, -0.2) is 11.3 Å². The first kappa shape index (κ1) is 13.7. The summed E-state index contributed by atoms with van der Waals surface area (Å²) < 4.78 is 41.3. The molecule has 0 aliphatic carbocycles. The molecule has 0 bridgehead atoms. The molecule has 0 radical (unpaired) electrons. The van der Waals surface area contributed by atoms with Crippen LogP contribution in [-0.2, 0) is 0 Å². The van der Waals surface area contributed by atoms with Crippen LogP contribution in [0.2, 0.25) is 0 Å². The fraction of sp³-hybridized carbons (Fsp3) is 0.0833. The van der Waals surface area contributed by atoms with Crippen LogP contribution >= 0.6 is 15.9 Å². The van der Waals surface area contributed by atoms with Gasteiger partial charge >= 0.3 is 6.36 Å². The summed E-state index contributed by atoms with van der Waals surface area (Å²) in [6, 6.07) is 10.8. The maximum atomic E-state index is 12.3. The number of ether oxygens (including phenoxy) is 1. The lowest BCUT2D eigenvalue weighted by Crippen LogP contribution is -2.17. The smallest absolute Gasteiger partial charge is 0.404 e. The van der Waals surface area contributed by atoms with Gasteiger partial charge in [-0.3, -0.25) is 0 Å². The Morgan fingerprint density at radius 3 is 2.47 bits per heavy atom. The largest absolute Gasteiger partial charge is 0.573 e. The van der Waals surface area contributed by atoms with E-state index >= 15 is 0 Å². The second kappa shape index (κ2) is 5.48. The van der Waals surface area contributed by atoms with Crippen molar-refractivity contribution in [3.8, 4) is 5.75 Å². The van der Waals surface area contributed by atoms with Gasteiger partial charge in [0.15, 0.2) is 5.75 Å². The number of nitrogens with one attached hydrogen (secondary N) is 1. The Labute approximate surface area is 115 Å². The lowest BCUT2D eigenvalue weighted by atomic mass is 10.3. The molecule has 0 aliphatic heterocycles. The van der Waals surface area contributed by atoms with E-state index in [0.29, 0.717) is 10.4 Å². The van der Waals surface area contributed by atoms with Crippen LogP contribution in [0.3, 0.4) is 0 Å². The summed E-state index contributed by atoms with van der Waals surface area (Å²) in [5, 5.41) is 2.77. The first-order valence-corrected chi connectivity index (χ1v) is 5.98. The quantitative estimate of drug-likeness (QED) is 0.841. The molecule has 0 saturated heterocycles. The van der Waals surface area contributed by atoms with Gasteiger partial charge in [0.05, 0.1) is 5.69 Å². The van der Waals surface area contributed by atoms with Crippen LogP contribution in [0.5, 0.6) is 5.75 Å². The highest BCUT2D eigenvalue weighted by molar-refractivity contribution is 9.10. The van der Waals surface area contributed by atoms with E-state index in [1.165, 1.54) is 18.2 Å². The number of anilines is 2. The van der Waals surface area contributed by atoms with Gasteiger partial charge in [-0.15, -0.1) is 13.2 Å². The maximum absolute atomic E-state index is 12.3. The van der Waals surface area contributed by atoms with E-state index in [0.717, 1.165) is 0 Å². The van der Waals surface area contributed by atoms with Gasteiger partial charge in [-0.2, -0.15) is 0 Å². The second-order valence-electron chi connectivity index (χ2n) is 3.51. The zero-order valence-electron chi connectivity index (χ0n) is 9.41. The van der Waals surface area contributed by atoms with E-state index in [2.05, 4.69) is 31.0 Å². The summed E-state index contributed by atoms with van der Waals surface area (Å²) in [6.45, 7) is 0. The molecule has 2 aromatic rings. The summed E-state index contributed by atoms with van der Waals surface area (Å²) in [5.41, 5.74) is 0.186. The molecule has 3 nitrogen and oxygen atoms in total. The third kappa shape index (κ3) is 4.13. The van der Waals surface area contributed by atoms with Crippen molar-refractivity contribution < 1.29 is 17.9 Å². The Bertz CT molecular complexity index is 575. The van der Waals surface area contributed by atoms with Crippen molar-refractivity contribution in [2.45, 2.75) is 6.36 Å². The molecule has 0 aliphatic rings. The fourth-order valence-electron chi connectivity index (χ4n) is 1.40. The van der Waals surface area contributed by atoms with Crippen molar-refractivity contribution in [1.29, 1.82) is 0 Å². The lowest BCUT2D eigenvalue weighted by Gasteiger charge is -2.14. The van der Waals surface area contributed by atoms with Crippen molar-refractivity contribution in [3.05, 3.63) is 47.1 Å². The van der Waals surface area contributed by atoms with Crippen molar-refractivity contribution >= 4 is 27.4 Å². The summed E-state index contributed by atoms with van der Waals surface area (Å²) in [4.78, 5) is 4.07. The third-order valence-electron chi connectivity index (χ3n) is 2.09. The van der Waals surface area contributed by atoms with Crippen LogP contribution in [0, 0.1) is 0 Å². The molecule has 0 amide bonds. The molecule has 1 N–H and O–H groups in total. The molecule has 0 fully saturated rings. The van der Waals surface area contributed by atoms with Gasteiger partial charge in [0.25, 0.3) is 0 Å². The minimum Gasteiger partial charge on any atom is -0.404 e. The zero-order chi connectivity index (χ0) is 13.9. The highest BCUT2D eigenvalue weighted by atomic mass is 79.9. The number of rotatable bonds is 3. The lowest BCUT2D eigenvalue weighted by molar-refractivity contribution is -0.274. The number of pyridine rings is 1. The van der Waals surface area contributed by atoms with E-state index in [1.54, 1.807) is 24.3 Å². The molecule has 1 aromatic carbocycles. The molecule has 0 atom stereocenters. The highest BCUT2D eigenvalue weighted by Crippen LogP contribution is 2.31. The first-order chi connectivity index (χ1) is 8.94. The molecule has 0 spiro atoms. The molecule has 0 unspecified atom stereocenters. The van der Waals surface area contributed by atoms with Crippen LogP contribution in [0.4, 0.5) is 24.7 Å². The monoisotopic (exact) mass is 332 g/mol. The van der Waals surface area contributed by atoms with Gasteiger partial charge in [-0.05, 0) is 40.2 Å². The highest BCUT2D eigenvalue weighted by Gasteiger charge is 2.32. The number of benzene rings is 1. The first-order valence-electron chi connectivity index (χ1n) is 5.18. The molecule has 1 aromatic heterocycles. The van der Waals surface area contributed by atoms with E-state index in [4.69, 9.17) is 0 Å². The molecule has 1 heterocycles. The van der Waals surface area contributed by atoms with E-state index in [9.17, 15) is 13.2 Å².